The van der Waals surface area contributed by atoms with Crippen LogP contribution < -0.4 is 10.1 Å². The van der Waals surface area contributed by atoms with E-state index in [9.17, 15) is 14.9 Å². The second-order valence-corrected chi connectivity index (χ2v) is 5.28. The van der Waals surface area contributed by atoms with Crippen molar-refractivity contribution in [3.8, 4) is 5.75 Å². The van der Waals surface area contributed by atoms with E-state index in [4.69, 9.17) is 9.84 Å². The van der Waals surface area contributed by atoms with Gasteiger partial charge < -0.3 is 15.2 Å². The maximum absolute atomic E-state index is 11.1. The van der Waals surface area contributed by atoms with Gasteiger partial charge in [-0.2, -0.15) is 0 Å². The molecule has 2 N–H and O–H groups in total. The van der Waals surface area contributed by atoms with E-state index in [0.717, 1.165) is 6.42 Å². The fourth-order valence-corrected chi connectivity index (χ4v) is 2.02. The number of aliphatic carboxylic acids is 1. The SMILES string of the molecule is CCCC(NCc1cc([N+](=O)[O-])ccc1OC(C)C)C(=O)O.Cl. The molecule has 1 atom stereocenters. The number of nitro groups is 1. The Morgan fingerprint density at radius 2 is 2.09 bits per heavy atom. The first kappa shape index (κ1) is 21.1. The molecule has 0 fully saturated rings. The van der Waals surface area contributed by atoms with E-state index < -0.39 is 16.9 Å². The Bertz CT molecular complexity index is 537. The van der Waals surface area contributed by atoms with Crippen LogP contribution in [0, 0.1) is 10.1 Å². The first-order chi connectivity index (χ1) is 10.3. The highest BCUT2D eigenvalue weighted by molar-refractivity contribution is 5.85. The number of nitrogens with zero attached hydrogens (tertiary/aromatic N) is 1. The van der Waals surface area contributed by atoms with Gasteiger partial charge in [0.25, 0.3) is 5.69 Å². The van der Waals surface area contributed by atoms with Crippen molar-refractivity contribution in [3.05, 3.63) is 33.9 Å². The van der Waals surface area contributed by atoms with E-state index in [1.54, 1.807) is 6.07 Å². The summed E-state index contributed by atoms with van der Waals surface area (Å²) in [5.74, 6) is -0.410. The molecule has 0 aliphatic rings. The molecule has 0 spiro atoms. The Kier molecular flexibility index (Phi) is 9.21. The van der Waals surface area contributed by atoms with Crippen molar-refractivity contribution in [2.75, 3.05) is 0 Å². The highest BCUT2D eigenvalue weighted by Crippen LogP contribution is 2.25. The van der Waals surface area contributed by atoms with Crippen LogP contribution in [0.25, 0.3) is 0 Å². The summed E-state index contributed by atoms with van der Waals surface area (Å²) in [7, 11) is 0. The van der Waals surface area contributed by atoms with Crippen LogP contribution in [0.3, 0.4) is 0 Å². The Balaban J connectivity index is 0.00000484. The summed E-state index contributed by atoms with van der Waals surface area (Å²) in [4.78, 5) is 21.5. The molecule has 1 aromatic rings. The molecule has 23 heavy (non-hydrogen) atoms. The molecule has 0 radical (unpaired) electrons. The molecule has 0 aromatic heterocycles. The minimum absolute atomic E-state index is 0. The van der Waals surface area contributed by atoms with E-state index in [1.165, 1.54) is 12.1 Å². The minimum atomic E-state index is -0.932. The number of hydrogen-bond acceptors (Lipinski definition) is 5. The Morgan fingerprint density at radius 1 is 1.43 bits per heavy atom. The maximum Gasteiger partial charge on any atom is 0.320 e. The van der Waals surface area contributed by atoms with Crippen molar-refractivity contribution in [1.82, 2.24) is 5.32 Å². The first-order valence-corrected chi connectivity index (χ1v) is 7.25. The lowest BCUT2D eigenvalue weighted by molar-refractivity contribution is -0.384. The van der Waals surface area contributed by atoms with Crippen LogP contribution in [0.5, 0.6) is 5.75 Å². The summed E-state index contributed by atoms with van der Waals surface area (Å²) in [5.41, 5.74) is 0.528. The smallest absolute Gasteiger partial charge is 0.320 e. The van der Waals surface area contributed by atoms with Crippen molar-refractivity contribution in [1.29, 1.82) is 0 Å². The van der Waals surface area contributed by atoms with Gasteiger partial charge in [-0.05, 0) is 26.3 Å². The largest absolute Gasteiger partial charge is 0.491 e. The quantitative estimate of drug-likeness (QED) is 0.526. The summed E-state index contributed by atoms with van der Waals surface area (Å²) in [6.45, 7) is 5.81. The number of carbonyl (C=O) groups is 1. The topological polar surface area (TPSA) is 102 Å². The van der Waals surface area contributed by atoms with Gasteiger partial charge in [-0.3, -0.25) is 14.9 Å². The summed E-state index contributed by atoms with van der Waals surface area (Å²) in [6.07, 6.45) is 1.14. The molecule has 0 aliphatic carbocycles. The zero-order valence-electron chi connectivity index (χ0n) is 13.4. The minimum Gasteiger partial charge on any atom is -0.491 e. The fourth-order valence-electron chi connectivity index (χ4n) is 2.02. The molecule has 0 heterocycles. The predicted octanol–water partition coefficient (Wildman–Crippen LogP) is 3.15. The van der Waals surface area contributed by atoms with E-state index in [-0.39, 0.29) is 30.7 Å². The number of carboxylic acids is 1. The van der Waals surface area contributed by atoms with Gasteiger partial charge in [0.2, 0.25) is 0 Å². The second-order valence-electron chi connectivity index (χ2n) is 5.28. The third-order valence-electron chi connectivity index (χ3n) is 3.03. The van der Waals surface area contributed by atoms with Crippen LogP contribution >= 0.6 is 12.4 Å². The molecule has 8 heteroatoms. The van der Waals surface area contributed by atoms with Crippen LogP contribution in [-0.4, -0.2) is 28.1 Å². The standard InChI is InChI=1S/C15H22N2O5.ClH/c1-4-5-13(15(18)19)16-9-11-8-12(17(20)21)6-7-14(11)22-10(2)3;/h6-8,10,13,16H,4-5,9H2,1-3H3,(H,18,19);1H. The molecule has 0 saturated heterocycles. The number of hydrogen-bond donors (Lipinski definition) is 2. The normalized spacial score (nSPS) is 11.7. The van der Waals surface area contributed by atoms with Crippen LogP contribution in [0.2, 0.25) is 0 Å². The van der Waals surface area contributed by atoms with Gasteiger partial charge in [-0.1, -0.05) is 13.3 Å². The zero-order chi connectivity index (χ0) is 16.7. The predicted molar refractivity (Wildman–Crippen MR) is 89.3 cm³/mol. The second kappa shape index (κ2) is 10.0. The number of nitro benzene ring substituents is 1. The van der Waals surface area contributed by atoms with Crippen molar-refractivity contribution in [2.45, 2.75) is 52.3 Å². The summed E-state index contributed by atoms with van der Waals surface area (Å²) >= 11 is 0. The Hall–Kier alpha value is -1.86. The maximum atomic E-state index is 11.1. The van der Waals surface area contributed by atoms with Crippen LogP contribution in [0.1, 0.15) is 39.2 Å². The molecule has 130 valence electrons. The Morgan fingerprint density at radius 3 is 2.57 bits per heavy atom. The van der Waals surface area contributed by atoms with Gasteiger partial charge in [-0.25, -0.2) is 0 Å². The molecule has 1 rings (SSSR count). The van der Waals surface area contributed by atoms with Gasteiger partial charge in [0.15, 0.2) is 0 Å². The Labute approximate surface area is 141 Å². The number of non-ortho nitro benzene ring substituents is 1. The van der Waals surface area contributed by atoms with Crippen LogP contribution in [-0.2, 0) is 11.3 Å². The number of nitrogens with one attached hydrogen (secondary N) is 1. The highest BCUT2D eigenvalue weighted by atomic mass is 35.5. The summed E-state index contributed by atoms with van der Waals surface area (Å²) < 4.78 is 5.62. The lowest BCUT2D eigenvalue weighted by atomic mass is 10.1. The monoisotopic (exact) mass is 346 g/mol. The van der Waals surface area contributed by atoms with Crippen LogP contribution in [0.4, 0.5) is 5.69 Å². The van der Waals surface area contributed by atoms with Gasteiger partial charge in [-0.15, -0.1) is 12.4 Å². The number of halogens is 1. The summed E-state index contributed by atoms with van der Waals surface area (Å²) in [6, 6.07) is 3.65. The third-order valence-corrected chi connectivity index (χ3v) is 3.03. The highest BCUT2D eigenvalue weighted by Gasteiger charge is 2.18. The van der Waals surface area contributed by atoms with Crippen LogP contribution in [0.15, 0.2) is 18.2 Å². The van der Waals surface area contributed by atoms with E-state index in [2.05, 4.69) is 5.32 Å². The van der Waals surface area contributed by atoms with Gasteiger partial charge >= 0.3 is 5.97 Å². The van der Waals surface area contributed by atoms with Crippen molar-refractivity contribution < 1.29 is 19.6 Å². The molecule has 0 saturated carbocycles. The number of carboxylic acid groups (broad SMARTS) is 1. The average Bonchev–Trinajstić information content (AvgIpc) is 2.43. The molecule has 1 unspecified atom stereocenters. The summed E-state index contributed by atoms with van der Waals surface area (Å²) in [5, 5.41) is 22.9. The van der Waals surface area contributed by atoms with Gasteiger partial charge in [0.05, 0.1) is 11.0 Å². The lowest BCUT2D eigenvalue weighted by Crippen LogP contribution is -2.36. The molecule has 7 nitrogen and oxygen atoms in total. The molecular formula is C15H23ClN2O5. The molecule has 0 aliphatic heterocycles. The van der Waals surface area contributed by atoms with E-state index >= 15 is 0 Å². The van der Waals surface area contributed by atoms with Crippen molar-refractivity contribution in [3.63, 3.8) is 0 Å². The van der Waals surface area contributed by atoms with Gasteiger partial charge in [0, 0.05) is 24.2 Å². The molecule has 0 bridgehead atoms. The zero-order valence-corrected chi connectivity index (χ0v) is 14.3. The van der Waals surface area contributed by atoms with Crippen molar-refractivity contribution in [2.24, 2.45) is 0 Å². The van der Waals surface area contributed by atoms with Gasteiger partial charge in [0.1, 0.15) is 11.8 Å². The number of rotatable bonds is 9. The third kappa shape index (κ3) is 6.83. The number of benzene rings is 1. The molecular weight excluding hydrogens is 324 g/mol. The molecule has 1 aromatic carbocycles. The van der Waals surface area contributed by atoms with E-state index in [1.807, 2.05) is 20.8 Å². The fraction of sp³-hybridized carbons (Fsp3) is 0.533. The average molecular weight is 347 g/mol. The lowest BCUT2D eigenvalue weighted by Gasteiger charge is -2.17. The van der Waals surface area contributed by atoms with E-state index in [0.29, 0.717) is 17.7 Å². The van der Waals surface area contributed by atoms with Crippen molar-refractivity contribution >= 4 is 24.1 Å². The molecule has 0 amide bonds. The first-order valence-electron chi connectivity index (χ1n) is 7.25. The number of ether oxygens (including phenoxy) is 1.